The molecule has 2 aromatic carbocycles. The molecule has 0 spiro atoms. The molecule has 140 valence electrons. The minimum Gasteiger partial charge on any atom is -0.398 e. The highest BCUT2D eigenvalue weighted by Crippen LogP contribution is 2.30. The number of anilines is 1. The van der Waals surface area contributed by atoms with Gasteiger partial charge >= 0.3 is 6.18 Å². The van der Waals surface area contributed by atoms with Gasteiger partial charge in [-0.2, -0.15) is 13.2 Å². The van der Waals surface area contributed by atoms with E-state index in [0.29, 0.717) is 16.8 Å². The first-order valence-electron chi connectivity index (χ1n) is 8.21. The molecule has 0 atom stereocenters. The minimum absolute atomic E-state index is 0. The van der Waals surface area contributed by atoms with E-state index in [2.05, 4.69) is 5.32 Å². The molecule has 0 aliphatic heterocycles. The number of nitrogen functional groups attached to an aromatic ring is 1. The smallest absolute Gasteiger partial charge is 0.398 e. The Kier molecular flexibility index (Phi) is 6.18. The lowest BCUT2D eigenvalue weighted by molar-refractivity contribution is -0.137. The van der Waals surface area contributed by atoms with Crippen LogP contribution in [-0.4, -0.2) is 5.91 Å². The summed E-state index contributed by atoms with van der Waals surface area (Å²) in [6.45, 7) is 0.153. The number of hydrogen-bond donors (Lipinski definition) is 2. The number of nitrogens with one attached hydrogen (secondary N) is 1. The summed E-state index contributed by atoms with van der Waals surface area (Å²) in [7, 11) is 0. The molecule has 3 N–H and O–H groups in total. The van der Waals surface area contributed by atoms with Gasteiger partial charge in [-0.25, -0.2) is 0 Å². The second-order valence-electron chi connectivity index (χ2n) is 6.25. The van der Waals surface area contributed by atoms with Crippen molar-refractivity contribution in [2.24, 2.45) is 0 Å². The van der Waals surface area contributed by atoms with Gasteiger partial charge in [0.1, 0.15) is 0 Å². The molecule has 0 bridgehead atoms. The van der Waals surface area contributed by atoms with E-state index < -0.39 is 11.7 Å². The Balaban J connectivity index is 0.00000243. The van der Waals surface area contributed by atoms with Crippen molar-refractivity contribution in [2.75, 3.05) is 5.73 Å². The van der Waals surface area contributed by atoms with Crippen LogP contribution in [0.15, 0.2) is 36.4 Å². The van der Waals surface area contributed by atoms with Crippen molar-refractivity contribution >= 4 is 24.0 Å². The molecule has 1 aliphatic rings. The molecule has 2 aromatic rings. The standard InChI is InChI=1S/C19H19F3N2O.ClH/c20-19(21,22)14-8-5-12(6-9-14)11-24-18(25)17-15-4-2-1-3-13(15)7-10-16(17)23;/h5-10H,1-4,11,23H2,(H,24,25);1H. The third-order valence-electron chi connectivity index (χ3n) is 4.53. The fourth-order valence-corrected chi connectivity index (χ4v) is 3.20. The van der Waals surface area contributed by atoms with E-state index in [9.17, 15) is 18.0 Å². The Bertz CT molecular complexity index is 789. The number of carbonyl (C=O) groups is 1. The van der Waals surface area contributed by atoms with Crippen LogP contribution < -0.4 is 11.1 Å². The molecule has 0 heterocycles. The summed E-state index contributed by atoms with van der Waals surface area (Å²) in [5.41, 5.74) is 8.98. The van der Waals surface area contributed by atoms with Gasteiger partial charge in [0.25, 0.3) is 5.91 Å². The Morgan fingerprint density at radius 1 is 1.04 bits per heavy atom. The molecule has 26 heavy (non-hydrogen) atoms. The summed E-state index contributed by atoms with van der Waals surface area (Å²) in [5.74, 6) is -0.281. The van der Waals surface area contributed by atoms with Gasteiger partial charge in [0.2, 0.25) is 0 Å². The second kappa shape index (κ2) is 7.99. The summed E-state index contributed by atoms with van der Waals surface area (Å²) in [6.07, 6.45) is -0.475. The van der Waals surface area contributed by atoms with Gasteiger partial charge in [0.05, 0.1) is 11.1 Å². The third kappa shape index (κ3) is 4.30. The average molecular weight is 385 g/mol. The number of halogens is 4. The quantitative estimate of drug-likeness (QED) is 0.764. The van der Waals surface area contributed by atoms with Crippen molar-refractivity contribution in [1.82, 2.24) is 5.32 Å². The van der Waals surface area contributed by atoms with E-state index in [0.717, 1.165) is 48.9 Å². The summed E-state index contributed by atoms with van der Waals surface area (Å²) in [4.78, 5) is 12.6. The molecular formula is C19H20ClF3N2O. The molecule has 0 aromatic heterocycles. The fraction of sp³-hybridized carbons (Fsp3) is 0.316. The normalized spacial score (nSPS) is 13.5. The van der Waals surface area contributed by atoms with Gasteiger partial charge in [-0.3, -0.25) is 4.79 Å². The molecule has 0 saturated carbocycles. The predicted molar refractivity (Wildman–Crippen MR) is 97.4 cm³/mol. The van der Waals surface area contributed by atoms with E-state index in [1.807, 2.05) is 6.07 Å². The van der Waals surface area contributed by atoms with E-state index in [-0.39, 0.29) is 24.9 Å². The highest BCUT2D eigenvalue weighted by molar-refractivity contribution is 6.01. The molecule has 0 unspecified atom stereocenters. The van der Waals surface area contributed by atoms with Crippen LogP contribution in [0.4, 0.5) is 18.9 Å². The number of fused-ring (bicyclic) bond motifs is 1. The van der Waals surface area contributed by atoms with Gasteiger partial charge in [-0.15, -0.1) is 12.4 Å². The van der Waals surface area contributed by atoms with Crippen LogP contribution in [0.1, 0.15) is 45.5 Å². The fourth-order valence-electron chi connectivity index (χ4n) is 3.20. The van der Waals surface area contributed by atoms with Crippen molar-refractivity contribution in [3.05, 3.63) is 64.2 Å². The van der Waals surface area contributed by atoms with Gasteiger partial charge in [0, 0.05) is 12.2 Å². The SMILES string of the molecule is Cl.Nc1ccc2c(c1C(=O)NCc1ccc(C(F)(F)F)cc1)CCCC2. The second-order valence-corrected chi connectivity index (χ2v) is 6.25. The number of alkyl halides is 3. The minimum atomic E-state index is -4.36. The first-order chi connectivity index (χ1) is 11.9. The molecule has 0 radical (unpaired) electrons. The maximum atomic E-state index is 12.6. The van der Waals surface area contributed by atoms with Crippen LogP contribution in [0, 0.1) is 0 Å². The molecule has 0 fully saturated rings. The van der Waals surface area contributed by atoms with Crippen LogP contribution >= 0.6 is 12.4 Å². The number of hydrogen-bond acceptors (Lipinski definition) is 2. The van der Waals surface area contributed by atoms with Crippen molar-refractivity contribution in [2.45, 2.75) is 38.4 Å². The first kappa shape index (κ1) is 20.1. The number of amides is 1. The summed E-state index contributed by atoms with van der Waals surface area (Å²) >= 11 is 0. The Morgan fingerprint density at radius 3 is 2.35 bits per heavy atom. The molecule has 3 rings (SSSR count). The number of rotatable bonds is 3. The van der Waals surface area contributed by atoms with E-state index in [4.69, 9.17) is 5.73 Å². The van der Waals surface area contributed by atoms with E-state index in [1.165, 1.54) is 12.1 Å². The highest BCUT2D eigenvalue weighted by atomic mass is 35.5. The largest absolute Gasteiger partial charge is 0.416 e. The zero-order chi connectivity index (χ0) is 18.0. The van der Waals surface area contributed by atoms with E-state index in [1.54, 1.807) is 6.07 Å². The molecule has 7 heteroatoms. The zero-order valence-electron chi connectivity index (χ0n) is 14.0. The predicted octanol–water partition coefficient (Wildman–Crippen LogP) is 4.52. The third-order valence-corrected chi connectivity index (χ3v) is 4.53. The Hall–Kier alpha value is -2.21. The van der Waals surface area contributed by atoms with Crippen molar-refractivity contribution in [3.8, 4) is 0 Å². The van der Waals surface area contributed by atoms with Crippen LogP contribution in [0.5, 0.6) is 0 Å². The molecule has 0 saturated heterocycles. The van der Waals surface area contributed by atoms with Crippen LogP contribution in [0.25, 0.3) is 0 Å². The number of nitrogens with two attached hydrogens (primary N) is 1. The lowest BCUT2D eigenvalue weighted by Gasteiger charge is -2.20. The lowest BCUT2D eigenvalue weighted by Crippen LogP contribution is -2.26. The van der Waals surface area contributed by atoms with Gasteiger partial charge in [0.15, 0.2) is 0 Å². The number of carbonyl (C=O) groups excluding carboxylic acids is 1. The number of aryl methyl sites for hydroxylation is 1. The topological polar surface area (TPSA) is 55.1 Å². The van der Waals surface area contributed by atoms with Gasteiger partial charge in [-0.05, 0) is 60.6 Å². The van der Waals surface area contributed by atoms with Crippen molar-refractivity contribution < 1.29 is 18.0 Å². The summed E-state index contributed by atoms with van der Waals surface area (Å²) in [5, 5.41) is 2.76. The Morgan fingerprint density at radius 2 is 1.69 bits per heavy atom. The summed E-state index contributed by atoms with van der Waals surface area (Å²) < 4.78 is 37.7. The van der Waals surface area contributed by atoms with Gasteiger partial charge in [-0.1, -0.05) is 18.2 Å². The maximum absolute atomic E-state index is 12.6. The molecule has 1 amide bonds. The van der Waals surface area contributed by atoms with Crippen molar-refractivity contribution in [3.63, 3.8) is 0 Å². The van der Waals surface area contributed by atoms with Crippen LogP contribution in [0.2, 0.25) is 0 Å². The average Bonchev–Trinajstić information content (AvgIpc) is 2.59. The first-order valence-corrected chi connectivity index (χ1v) is 8.21. The highest BCUT2D eigenvalue weighted by Gasteiger charge is 2.30. The number of benzene rings is 2. The van der Waals surface area contributed by atoms with Crippen LogP contribution in [0.3, 0.4) is 0 Å². The maximum Gasteiger partial charge on any atom is 0.416 e. The van der Waals surface area contributed by atoms with Gasteiger partial charge < -0.3 is 11.1 Å². The lowest BCUT2D eigenvalue weighted by atomic mass is 9.87. The molecule has 3 nitrogen and oxygen atoms in total. The Labute approximate surface area is 156 Å². The van der Waals surface area contributed by atoms with Crippen molar-refractivity contribution in [1.29, 1.82) is 0 Å². The monoisotopic (exact) mass is 384 g/mol. The molecule has 1 aliphatic carbocycles. The van der Waals surface area contributed by atoms with Crippen LogP contribution in [-0.2, 0) is 25.6 Å². The molecular weight excluding hydrogens is 365 g/mol. The summed E-state index contributed by atoms with van der Waals surface area (Å²) in [6, 6.07) is 8.48. The zero-order valence-corrected chi connectivity index (χ0v) is 14.8. The van der Waals surface area contributed by atoms with E-state index >= 15 is 0 Å².